The summed E-state index contributed by atoms with van der Waals surface area (Å²) in [4.78, 5) is 30.1. The van der Waals surface area contributed by atoms with Crippen LogP contribution in [-0.4, -0.2) is 23.3 Å². The van der Waals surface area contributed by atoms with E-state index in [0.29, 0.717) is 18.5 Å². The number of amides is 2. The number of nitrogens with zero attached hydrogens (tertiary/aromatic N) is 2. The first-order chi connectivity index (χ1) is 11.2. The number of hydrogen-bond acceptors (Lipinski definition) is 4. The molecule has 1 aromatic heterocycles. The van der Waals surface area contributed by atoms with Crippen LogP contribution in [0.1, 0.15) is 40.8 Å². The minimum atomic E-state index is -0.129. The summed E-state index contributed by atoms with van der Waals surface area (Å²) in [5, 5.41) is 5.93. The number of thiazole rings is 1. The number of rotatable bonds is 5. The molecule has 1 N–H and O–H groups in total. The quantitative estimate of drug-likeness (QED) is 0.917. The van der Waals surface area contributed by atoms with Gasteiger partial charge in [-0.15, -0.1) is 11.3 Å². The number of carbonyl (C=O) groups excluding carboxylic acids is 2. The Morgan fingerprint density at radius 3 is 2.74 bits per heavy atom. The molecule has 1 aliphatic heterocycles. The average molecular weight is 329 g/mol. The van der Waals surface area contributed by atoms with Crippen molar-refractivity contribution < 1.29 is 9.59 Å². The van der Waals surface area contributed by atoms with Crippen molar-refractivity contribution in [3.63, 3.8) is 0 Å². The third kappa shape index (κ3) is 3.59. The van der Waals surface area contributed by atoms with E-state index in [1.165, 1.54) is 0 Å². The van der Waals surface area contributed by atoms with Gasteiger partial charge >= 0.3 is 0 Å². The highest BCUT2D eigenvalue weighted by molar-refractivity contribution is 7.09. The molecule has 0 saturated carbocycles. The zero-order valence-electron chi connectivity index (χ0n) is 13.0. The van der Waals surface area contributed by atoms with Crippen LogP contribution in [0.4, 0.5) is 5.69 Å². The molecular weight excluding hydrogens is 310 g/mol. The normalized spacial score (nSPS) is 14.3. The van der Waals surface area contributed by atoms with E-state index in [4.69, 9.17) is 0 Å². The Hall–Kier alpha value is -2.21. The molecule has 1 aromatic carbocycles. The molecule has 120 valence electrons. The van der Waals surface area contributed by atoms with Crippen LogP contribution in [0.5, 0.6) is 0 Å². The van der Waals surface area contributed by atoms with E-state index < -0.39 is 0 Å². The van der Waals surface area contributed by atoms with Crippen LogP contribution in [0, 0.1) is 0 Å². The number of hydrogen-bond donors (Lipinski definition) is 1. The number of anilines is 1. The maximum atomic E-state index is 12.2. The third-order valence-corrected chi connectivity index (χ3v) is 4.89. The highest BCUT2D eigenvalue weighted by Gasteiger charge is 2.21. The summed E-state index contributed by atoms with van der Waals surface area (Å²) < 4.78 is 0. The van der Waals surface area contributed by atoms with E-state index in [0.717, 1.165) is 35.8 Å². The first-order valence-corrected chi connectivity index (χ1v) is 8.67. The van der Waals surface area contributed by atoms with Crippen LogP contribution < -0.4 is 10.2 Å². The van der Waals surface area contributed by atoms with Gasteiger partial charge in [0.1, 0.15) is 0 Å². The zero-order valence-corrected chi connectivity index (χ0v) is 13.9. The molecule has 23 heavy (non-hydrogen) atoms. The van der Waals surface area contributed by atoms with Crippen LogP contribution in [0.25, 0.3) is 0 Å². The molecule has 0 spiro atoms. The van der Waals surface area contributed by atoms with Gasteiger partial charge in [0, 0.05) is 29.6 Å². The van der Waals surface area contributed by atoms with Crippen LogP contribution in [-0.2, 0) is 17.8 Å². The molecule has 0 unspecified atom stereocenters. The number of carbonyl (C=O) groups is 2. The summed E-state index contributed by atoms with van der Waals surface area (Å²) in [5.41, 5.74) is 2.34. The summed E-state index contributed by atoms with van der Waals surface area (Å²) in [6.07, 6.45) is 2.42. The van der Waals surface area contributed by atoms with E-state index in [-0.39, 0.29) is 11.8 Å². The summed E-state index contributed by atoms with van der Waals surface area (Å²) in [5.74, 6) is 0.0211. The van der Waals surface area contributed by atoms with Crippen LogP contribution >= 0.6 is 11.3 Å². The molecule has 2 heterocycles. The molecule has 0 aliphatic carbocycles. The molecule has 1 fully saturated rings. The van der Waals surface area contributed by atoms with Crippen molar-refractivity contribution in [2.45, 2.75) is 32.7 Å². The molecule has 0 radical (unpaired) electrons. The van der Waals surface area contributed by atoms with Gasteiger partial charge in [-0.2, -0.15) is 0 Å². The van der Waals surface area contributed by atoms with E-state index in [9.17, 15) is 9.59 Å². The SMILES string of the molecule is CCc1nc(CNC(=O)c2ccc(N3CCCC3=O)cc2)cs1. The predicted octanol–water partition coefficient (Wildman–Crippen LogP) is 2.76. The second-order valence-corrected chi connectivity index (χ2v) is 6.41. The van der Waals surface area contributed by atoms with Crippen LogP contribution in [0.2, 0.25) is 0 Å². The summed E-state index contributed by atoms with van der Waals surface area (Å²) in [6.45, 7) is 3.25. The van der Waals surface area contributed by atoms with Gasteiger partial charge in [0.15, 0.2) is 0 Å². The van der Waals surface area contributed by atoms with Gasteiger partial charge in [0.05, 0.1) is 17.2 Å². The fraction of sp³-hybridized carbons (Fsp3) is 0.353. The molecule has 1 saturated heterocycles. The van der Waals surface area contributed by atoms with E-state index in [1.807, 2.05) is 17.5 Å². The maximum Gasteiger partial charge on any atom is 0.251 e. The van der Waals surface area contributed by atoms with E-state index in [2.05, 4.69) is 17.2 Å². The number of aryl methyl sites for hydroxylation is 1. The Labute approximate surface area is 139 Å². The highest BCUT2D eigenvalue weighted by Crippen LogP contribution is 2.21. The van der Waals surface area contributed by atoms with Crippen molar-refractivity contribution in [3.05, 3.63) is 45.9 Å². The van der Waals surface area contributed by atoms with Crippen molar-refractivity contribution in [1.82, 2.24) is 10.3 Å². The van der Waals surface area contributed by atoms with Crippen molar-refractivity contribution in [2.75, 3.05) is 11.4 Å². The average Bonchev–Trinajstić information content (AvgIpc) is 3.21. The minimum Gasteiger partial charge on any atom is -0.346 e. The highest BCUT2D eigenvalue weighted by atomic mass is 32.1. The molecule has 6 heteroatoms. The molecular formula is C17H19N3O2S. The van der Waals surface area contributed by atoms with Crippen molar-refractivity contribution in [1.29, 1.82) is 0 Å². The number of nitrogens with one attached hydrogen (secondary N) is 1. The van der Waals surface area contributed by atoms with Gasteiger partial charge in [0.25, 0.3) is 5.91 Å². The van der Waals surface area contributed by atoms with Gasteiger partial charge in [-0.05, 0) is 37.1 Å². The molecule has 0 bridgehead atoms. The predicted molar refractivity (Wildman–Crippen MR) is 90.7 cm³/mol. The lowest BCUT2D eigenvalue weighted by atomic mass is 10.2. The zero-order chi connectivity index (χ0) is 16.2. The smallest absolute Gasteiger partial charge is 0.251 e. The molecule has 0 atom stereocenters. The fourth-order valence-corrected chi connectivity index (χ4v) is 3.32. The van der Waals surface area contributed by atoms with Crippen molar-refractivity contribution in [2.24, 2.45) is 0 Å². The monoisotopic (exact) mass is 329 g/mol. The van der Waals surface area contributed by atoms with Gasteiger partial charge < -0.3 is 10.2 Å². The first kappa shape index (κ1) is 15.7. The molecule has 2 amide bonds. The largest absolute Gasteiger partial charge is 0.346 e. The lowest BCUT2D eigenvalue weighted by Crippen LogP contribution is -2.25. The summed E-state index contributed by atoms with van der Waals surface area (Å²) in [7, 11) is 0. The van der Waals surface area contributed by atoms with Gasteiger partial charge in [-0.25, -0.2) is 4.98 Å². The molecule has 5 nitrogen and oxygen atoms in total. The molecule has 1 aliphatic rings. The second kappa shape index (κ2) is 6.91. The van der Waals surface area contributed by atoms with E-state index in [1.54, 1.807) is 28.4 Å². The first-order valence-electron chi connectivity index (χ1n) is 7.79. The number of aromatic nitrogens is 1. The standard InChI is InChI=1S/C17H19N3O2S/c1-2-15-19-13(11-23-15)10-18-17(22)12-5-7-14(8-6-12)20-9-3-4-16(20)21/h5-8,11H,2-4,9-10H2,1H3,(H,18,22). The maximum absolute atomic E-state index is 12.2. The van der Waals surface area contributed by atoms with Gasteiger partial charge in [0.2, 0.25) is 5.91 Å². The minimum absolute atomic E-state index is 0.129. The molecule has 3 rings (SSSR count). The second-order valence-electron chi connectivity index (χ2n) is 5.46. The van der Waals surface area contributed by atoms with Gasteiger partial charge in [-0.3, -0.25) is 9.59 Å². The van der Waals surface area contributed by atoms with Gasteiger partial charge in [-0.1, -0.05) is 6.92 Å². The third-order valence-electron chi connectivity index (χ3n) is 3.85. The summed E-state index contributed by atoms with van der Waals surface area (Å²) in [6, 6.07) is 7.18. The topological polar surface area (TPSA) is 62.3 Å². The van der Waals surface area contributed by atoms with Crippen LogP contribution in [0.15, 0.2) is 29.6 Å². The van der Waals surface area contributed by atoms with Crippen molar-refractivity contribution >= 4 is 28.8 Å². The molecule has 2 aromatic rings. The Balaban J connectivity index is 1.60. The number of benzene rings is 1. The van der Waals surface area contributed by atoms with E-state index >= 15 is 0 Å². The Kier molecular flexibility index (Phi) is 4.71. The Morgan fingerprint density at radius 1 is 1.35 bits per heavy atom. The Morgan fingerprint density at radius 2 is 2.13 bits per heavy atom. The fourth-order valence-electron chi connectivity index (χ4n) is 2.58. The van der Waals surface area contributed by atoms with Crippen molar-refractivity contribution in [3.8, 4) is 0 Å². The Bertz CT molecular complexity index is 709. The van der Waals surface area contributed by atoms with Crippen LogP contribution in [0.3, 0.4) is 0 Å². The summed E-state index contributed by atoms with van der Waals surface area (Å²) >= 11 is 1.61. The lowest BCUT2D eigenvalue weighted by Gasteiger charge is -2.15. The lowest BCUT2D eigenvalue weighted by molar-refractivity contribution is -0.117.